The van der Waals surface area contributed by atoms with E-state index in [1.807, 2.05) is 44.3 Å². The number of nitrogens with one attached hydrogen (secondary N) is 2. The molecule has 0 bridgehead atoms. The Morgan fingerprint density at radius 3 is 2.61 bits per heavy atom. The van der Waals surface area contributed by atoms with Crippen molar-refractivity contribution < 1.29 is 0 Å². The van der Waals surface area contributed by atoms with Gasteiger partial charge >= 0.3 is 0 Å². The number of halogens is 1. The Balaban J connectivity index is 2.28. The summed E-state index contributed by atoms with van der Waals surface area (Å²) in [4.78, 5) is 8.81. The molecule has 1 heterocycles. The molecule has 0 radical (unpaired) electrons. The van der Waals surface area contributed by atoms with E-state index < -0.39 is 0 Å². The Morgan fingerprint density at radius 2 is 1.94 bits per heavy atom. The van der Waals surface area contributed by atoms with E-state index in [2.05, 4.69) is 36.5 Å². The minimum Gasteiger partial charge on any atom is -0.373 e. The van der Waals surface area contributed by atoms with Crippen molar-refractivity contribution in [2.45, 2.75) is 13.3 Å². The zero-order valence-corrected chi connectivity index (χ0v) is 12.0. The first-order valence-corrected chi connectivity index (χ1v) is 6.59. The third kappa shape index (κ3) is 3.20. The Bertz CT molecular complexity index is 520. The van der Waals surface area contributed by atoms with Crippen LogP contribution >= 0.6 is 15.9 Å². The lowest BCUT2D eigenvalue weighted by atomic mass is 10.3. The number of rotatable bonds is 4. The van der Waals surface area contributed by atoms with Gasteiger partial charge in [0.15, 0.2) is 0 Å². The standard InChI is InChI=1S/C13H15BrN4/c1-3-11-17-12(15-2)8-13(18-11)16-10-6-4-5-9(14)7-10/h4-8H,3H2,1-2H3,(H2,15,16,17,18). The molecule has 5 heteroatoms. The monoisotopic (exact) mass is 306 g/mol. The summed E-state index contributed by atoms with van der Waals surface area (Å²) < 4.78 is 1.03. The van der Waals surface area contributed by atoms with Crippen LogP contribution in [0.1, 0.15) is 12.7 Å². The van der Waals surface area contributed by atoms with E-state index in [0.717, 1.165) is 34.0 Å². The van der Waals surface area contributed by atoms with Gasteiger partial charge in [-0.25, -0.2) is 9.97 Å². The summed E-state index contributed by atoms with van der Waals surface area (Å²) in [5.41, 5.74) is 0.993. The van der Waals surface area contributed by atoms with E-state index in [0.29, 0.717) is 0 Å². The first kappa shape index (κ1) is 12.8. The van der Waals surface area contributed by atoms with E-state index in [1.54, 1.807) is 0 Å². The van der Waals surface area contributed by atoms with Crippen molar-refractivity contribution in [3.8, 4) is 0 Å². The summed E-state index contributed by atoms with van der Waals surface area (Å²) in [7, 11) is 1.85. The van der Waals surface area contributed by atoms with Crippen LogP contribution in [0.5, 0.6) is 0 Å². The van der Waals surface area contributed by atoms with Gasteiger partial charge in [-0.05, 0) is 18.2 Å². The predicted octanol–water partition coefficient (Wildman–Crippen LogP) is 3.59. The van der Waals surface area contributed by atoms with Crippen molar-refractivity contribution >= 4 is 33.3 Å². The summed E-state index contributed by atoms with van der Waals surface area (Å²) in [6.45, 7) is 2.04. The van der Waals surface area contributed by atoms with Crippen LogP contribution < -0.4 is 10.6 Å². The van der Waals surface area contributed by atoms with Crippen LogP contribution in [0.15, 0.2) is 34.8 Å². The molecule has 2 rings (SSSR count). The lowest BCUT2D eigenvalue weighted by Gasteiger charge is -2.09. The van der Waals surface area contributed by atoms with E-state index in [-0.39, 0.29) is 0 Å². The number of hydrogen-bond acceptors (Lipinski definition) is 4. The molecule has 0 aliphatic heterocycles. The van der Waals surface area contributed by atoms with E-state index in [9.17, 15) is 0 Å². The van der Waals surface area contributed by atoms with Crippen LogP contribution in [-0.2, 0) is 6.42 Å². The molecular formula is C13H15BrN4. The first-order valence-electron chi connectivity index (χ1n) is 5.79. The molecular weight excluding hydrogens is 292 g/mol. The Morgan fingerprint density at radius 1 is 1.17 bits per heavy atom. The van der Waals surface area contributed by atoms with Crippen molar-refractivity contribution in [1.82, 2.24) is 9.97 Å². The fourth-order valence-corrected chi connectivity index (χ4v) is 1.96. The molecule has 0 aliphatic rings. The molecule has 0 aliphatic carbocycles. The fourth-order valence-electron chi connectivity index (χ4n) is 1.56. The third-order valence-corrected chi connectivity index (χ3v) is 2.94. The Kier molecular flexibility index (Phi) is 4.15. The zero-order valence-electron chi connectivity index (χ0n) is 10.4. The molecule has 0 unspecified atom stereocenters. The van der Waals surface area contributed by atoms with Crippen LogP contribution in [0.2, 0.25) is 0 Å². The second kappa shape index (κ2) is 5.82. The molecule has 0 saturated carbocycles. The molecule has 94 valence electrons. The lowest BCUT2D eigenvalue weighted by molar-refractivity contribution is 0.945. The molecule has 0 fully saturated rings. The quantitative estimate of drug-likeness (QED) is 0.906. The van der Waals surface area contributed by atoms with Gasteiger partial charge in [0.25, 0.3) is 0 Å². The SMILES string of the molecule is CCc1nc(NC)cc(Nc2cccc(Br)c2)n1. The van der Waals surface area contributed by atoms with Gasteiger partial charge in [-0.15, -0.1) is 0 Å². The van der Waals surface area contributed by atoms with E-state index in [4.69, 9.17) is 0 Å². The van der Waals surface area contributed by atoms with Crippen LogP contribution in [0.4, 0.5) is 17.3 Å². The van der Waals surface area contributed by atoms with Gasteiger partial charge in [-0.1, -0.05) is 28.9 Å². The predicted molar refractivity (Wildman–Crippen MR) is 78.4 cm³/mol. The fraction of sp³-hybridized carbons (Fsp3) is 0.231. The van der Waals surface area contributed by atoms with Gasteiger partial charge < -0.3 is 10.6 Å². The minimum atomic E-state index is 0.796. The second-order valence-electron chi connectivity index (χ2n) is 3.79. The number of hydrogen-bond donors (Lipinski definition) is 2. The second-order valence-corrected chi connectivity index (χ2v) is 4.71. The lowest BCUT2D eigenvalue weighted by Crippen LogP contribution is -2.03. The summed E-state index contributed by atoms with van der Waals surface area (Å²) in [6, 6.07) is 9.86. The molecule has 1 aromatic heterocycles. The highest BCUT2D eigenvalue weighted by molar-refractivity contribution is 9.10. The number of nitrogens with zero attached hydrogens (tertiary/aromatic N) is 2. The summed E-state index contributed by atoms with van der Waals surface area (Å²) >= 11 is 3.45. The zero-order chi connectivity index (χ0) is 13.0. The van der Waals surface area contributed by atoms with Gasteiger partial charge in [0.1, 0.15) is 17.5 Å². The molecule has 0 amide bonds. The molecule has 2 N–H and O–H groups in total. The number of anilines is 3. The van der Waals surface area contributed by atoms with Crippen LogP contribution in [0, 0.1) is 0 Å². The highest BCUT2D eigenvalue weighted by Crippen LogP contribution is 2.20. The smallest absolute Gasteiger partial charge is 0.136 e. The third-order valence-electron chi connectivity index (χ3n) is 2.44. The number of aryl methyl sites for hydroxylation is 1. The van der Waals surface area contributed by atoms with Crippen LogP contribution in [0.25, 0.3) is 0 Å². The number of benzene rings is 1. The Hall–Kier alpha value is -1.62. The Labute approximate surface area is 115 Å². The maximum absolute atomic E-state index is 4.45. The molecule has 4 nitrogen and oxygen atoms in total. The van der Waals surface area contributed by atoms with Crippen molar-refractivity contribution in [2.24, 2.45) is 0 Å². The van der Waals surface area contributed by atoms with Crippen molar-refractivity contribution in [1.29, 1.82) is 0 Å². The van der Waals surface area contributed by atoms with E-state index in [1.165, 1.54) is 0 Å². The molecule has 2 aromatic rings. The highest BCUT2D eigenvalue weighted by atomic mass is 79.9. The highest BCUT2D eigenvalue weighted by Gasteiger charge is 2.03. The van der Waals surface area contributed by atoms with Gasteiger partial charge in [0.2, 0.25) is 0 Å². The van der Waals surface area contributed by atoms with Gasteiger partial charge in [0, 0.05) is 29.7 Å². The molecule has 0 spiro atoms. The van der Waals surface area contributed by atoms with E-state index >= 15 is 0 Å². The van der Waals surface area contributed by atoms with Crippen LogP contribution in [-0.4, -0.2) is 17.0 Å². The molecule has 0 atom stereocenters. The average molecular weight is 307 g/mol. The van der Waals surface area contributed by atoms with Crippen molar-refractivity contribution in [3.63, 3.8) is 0 Å². The molecule has 0 saturated heterocycles. The maximum atomic E-state index is 4.45. The average Bonchev–Trinajstić information content (AvgIpc) is 2.38. The van der Waals surface area contributed by atoms with Crippen molar-refractivity contribution in [3.05, 3.63) is 40.6 Å². The molecule has 1 aromatic carbocycles. The van der Waals surface area contributed by atoms with Gasteiger partial charge in [0.05, 0.1) is 0 Å². The normalized spacial score (nSPS) is 10.2. The van der Waals surface area contributed by atoms with Gasteiger partial charge in [-0.3, -0.25) is 0 Å². The van der Waals surface area contributed by atoms with Gasteiger partial charge in [-0.2, -0.15) is 0 Å². The summed E-state index contributed by atoms with van der Waals surface area (Å²) in [5.74, 6) is 2.43. The molecule has 18 heavy (non-hydrogen) atoms. The first-order chi connectivity index (χ1) is 8.71. The van der Waals surface area contributed by atoms with Crippen molar-refractivity contribution in [2.75, 3.05) is 17.7 Å². The maximum Gasteiger partial charge on any atom is 0.136 e. The minimum absolute atomic E-state index is 0.796. The van der Waals surface area contributed by atoms with Crippen LogP contribution in [0.3, 0.4) is 0 Å². The summed E-state index contributed by atoms with van der Waals surface area (Å²) in [6.07, 6.45) is 0.808. The topological polar surface area (TPSA) is 49.8 Å². The summed E-state index contributed by atoms with van der Waals surface area (Å²) in [5, 5.41) is 6.31. The largest absolute Gasteiger partial charge is 0.373 e. The number of aromatic nitrogens is 2.